The van der Waals surface area contributed by atoms with E-state index in [1.165, 1.54) is 23.1 Å². The molecule has 0 saturated carbocycles. The number of aliphatic imine (C=N–C) groups is 1. The van der Waals surface area contributed by atoms with Gasteiger partial charge in [-0.1, -0.05) is 48.9 Å². The molecule has 3 nitrogen and oxygen atoms in total. The molecule has 1 heterocycles. The Morgan fingerprint density at radius 2 is 2.21 bits per heavy atom. The van der Waals surface area contributed by atoms with Crippen LogP contribution in [0.3, 0.4) is 0 Å². The summed E-state index contributed by atoms with van der Waals surface area (Å²) in [5, 5.41) is 5.41. The second-order valence-corrected chi connectivity index (χ2v) is 5.78. The van der Waals surface area contributed by atoms with Crippen molar-refractivity contribution in [1.29, 1.82) is 0 Å². The number of amidine groups is 1. The van der Waals surface area contributed by atoms with E-state index in [-0.39, 0.29) is 0 Å². The molecule has 102 valence electrons. The van der Waals surface area contributed by atoms with Gasteiger partial charge < -0.3 is 0 Å². The van der Waals surface area contributed by atoms with Crippen LogP contribution in [0, 0.1) is 13.8 Å². The number of nitrogens with one attached hydrogen (secondary N) is 1. The highest BCUT2D eigenvalue weighted by molar-refractivity contribution is 8.14. The minimum atomic E-state index is 0.889. The summed E-state index contributed by atoms with van der Waals surface area (Å²) in [6.45, 7) is 7.32. The Balaban J connectivity index is 2.06. The van der Waals surface area contributed by atoms with Crippen molar-refractivity contribution in [1.82, 2.24) is 5.43 Å². The first-order chi connectivity index (χ1) is 9.20. The molecule has 2 rings (SSSR count). The van der Waals surface area contributed by atoms with Crippen LogP contribution in [0.4, 0.5) is 0 Å². The molecule has 0 amide bonds. The van der Waals surface area contributed by atoms with Gasteiger partial charge in [-0.25, -0.2) is 0 Å². The molecule has 4 heteroatoms. The molecule has 0 aromatic heterocycles. The highest BCUT2D eigenvalue weighted by atomic mass is 32.2. The molecule has 1 aromatic carbocycles. The fourth-order valence-electron chi connectivity index (χ4n) is 2.01. The largest absolute Gasteiger partial charge is 0.261 e. The van der Waals surface area contributed by atoms with Crippen molar-refractivity contribution in [3.8, 4) is 0 Å². The lowest BCUT2D eigenvalue weighted by molar-refractivity contribution is 0.804. The van der Waals surface area contributed by atoms with Crippen molar-refractivity contribution < 1.29 is 0 Å². The van der Waals surface area contributed by atoms with Crippen molar-refractivity contribution >= 4 is 22.6 Å². The molecule has 0 unspecified atom stereocenters. The number of benzene rings is 1. The molecule has 0 radical (unpaired) electrons. The fraction of sp³-hybridized carbons (Fsp3) is 0.467. The predicted molar refractivity (Wildman–Crippen MR) is 85.3 cm³/mol. The Morgan fingerprint density at radius 3 is 2.84 bits per heavy atom. The number of hydrogen-bond donors (Lipinski definition) is 1. The van der Waals surface area contributed by atoms with E-state index < -0.39 is 0 Å². The monoisotopic (exact) mass is 275 g/mol. The van der Waals surface area contributed by atoms with Crippen molar-refractivity contribution in [2.24, 2.45) is 10.1 Å². The van der Waals surface area contributed by atoms with E-state index in [0.29, 0.717) is 0 Å². The summed E-state index contributed by atoms with van der Waals surface area (Å²) in [5.41, 5.74) is 7.99. The van der Waals surface area contributed by atoms with Crippen LogP contribution < -0.4 is 5.43 Å². The molecule has 0 bridgehead atoms. The van der Waals surface area contributed by atoms with Crippen LogP contribution in [0.15, 0.2) is 28.3 Å². The molecular weight excluding hydrogens is 254 g/mol. The third kappa shape index (κ3) is 3.83. The van der Waals surface area contributed by atoms with Gasteiger partial charge in [0.1, 0.15) is 0 Å². The zero-order valence-electron chi connectivity index (χ0n) is 11.9. The number of rotatable bonds is 4. The first-order valence-corrected chi connectivity index (χ1v) is 7.76. The van der Waals surface area contributed by atoms with Crippen LogP contribution in [0.5, 0.6) is 0 Å². The van der Waals surface area contributed by atoms with Crippen LogP contribution >= 0.6 is 11.8 Å². The average molecular weight is 275 g/mol. The topological polar surface area (TPSA) is 36.8 Å². The molecule has 1 N–H and O–H groups in total. The molecule has 0 spiro atoms. The Labute approximate surface area is 119 Å². The van der Waals surface area contributed by atoms with E-state index in [0.717, 1.165) is 29.6 Å². The van der Waals surface area contributed by atoms with Gasteiger partial charge in [0, 0.05) is 17.9 Å². The normalized spacial score (nSPS) is 17.2. The molecule has 1 aliphatic heterocycles. The molecule has 1 aromatic rings. The molecular formula is C15H21N3S. The van der Waals surface area contributed by atoms with Crippen LogP contribution in [-0.2, 0) is 0 Å². The van der Waals surface area contributed by atoms with E-state index in [9.17, 15) is 0 Å². The van der Waals surface area contributed by atoms with Crippen molar-refractivity contribution in [3.05, 3.63) is 34.9 Å². The minimum absolute atomic E-state index is 0.889. The minimum Gasteiger partial charge on any atom is -0.261 e. The third-order valence-corrected chi connectivity index (χ3v) is 4.00. The maximum Gasteiger partial charge on any atom is 0.177 e. The number of hydrogen-bond acceptors (Lipinski definition) is 3. The second-order valence-electron chi connectivity index (χ2n) is 4.82. The SMILES string of the molecule is CCCCN=C1NN=C(c2ccc(C)cc2C)CS1. The highest BCUT2D eigenvalue weighted by Gasteiger charge is 2.14. The summed E-state index contributed by atoms with van der Waals surface area (Å²) in [5.74, 6) is 0.891. The maximum absolute atomic E-state index is 4.50. The quantitative estimate of drug-likeness (QED) is 0.854. The summed E-state index contributed by atoms with van der Waals surface area (Å²) in [6, 6.07) is 6.50. The predicted octanol–water partition coefficient (Wildman–Crippen LogP) is 3.50. The smallest absolute Gasteiger partial charge is 0.177 e. The summed E-state index contributed by atoms with van der Waals surface area (Å²) >= 11 is 1.74. The van der Waals surface area contributed by atoms with E-state index in [4.69, 9.17) is 0 Å². The Kier molecular flexibility index (Phi) is 5.02. The van der Waals surface area contributed by atoms with E-state index in [2.05, 4.69) is 54.5 Å². The van der Waals surface area contributed by atoms with Crippen LogP contribution in [0.2, 0.25) is 0 Å². The highest BCUT2D eigenvalue weighted by Crippen LogP contribution is 2.17. The maximum atomic E-state index is 4.50. The second kappa shape index (κ2) is 6.75. The van der Waals surface area contributed by atoms with Crippen molar-refractivity contribution in [2.45, 2.75) is 33.6 Å². The number of nitrogens with zero attached hydrogens (tertiary/aromatic N) is 2. The standard InChI is InChI=1S/C15H21N3S/c1-4-5-8-16-15-18-17-14(10-19-15)13-7-6-11(2)9-12(13)3/h6-7,9H,4-5,8,10H2,1-3H3,(H,16,18). The Bertz CT molecular complexity index is 506. The van der Waals surface area contributed by atoms with Gasteiger partial charge in [0.2, 0.25) is 0 Å². The van der Waals surface area contributed by atoms with Crippen molar-refractivity contribution in [3.63, 3.8) is 0 Å². The van der Waals surface area contributed by atoms with Gasteiger partial charge in [-0.2, -0.15) is 5.10 Å². The van der Waals surface area contributed by atoms with E-state index in [1.807, 2.05) is 0 Å². The number of aryl methyl sites for hydroxylation is 2. The van der Waals surface area contributed by atoms with Crippen LogP contribution in [-0.4, -0.2) is 23.2 Å². The Hall–Kier alpha value is -1.29. The van der Waals surface area contributed by atoms with Gasteiger partial charge >= 0.3 is 0 Å². The first kappa shape index (κ1) is 14.1. The zero-order valence-corrected chi connectivity index (χ0v) is 12.7. The van der Waals surface area contributed by atoms with Gasteiger partial charge in [-0.15, -0.1) is 0 Å². The third-order valence-electron chi connectivity index (χ3n) is 3.09. The number of hydrazone groups is 1. The summed E-state index contributed by atoms with van der Waals surface area (Å²) in [4.78, 5) is 4.50. The Morgan fingerprint density at radius 1 is 1.37 bits per heavy atom. The van der Waals surface area contributed by atoms with Gasteiger partial charge in [0.15, 0.2) is 5.17 Å². The zero-order chi connectivity index (χ0) is 13.7. The fourth-order valence-corrected chi connectivity index (χ4v) is 2.80. The van der Waals surface area contributed by atoms with Gasteiger partial charge in [-0.05, 0) is 25.8 Å². The molecule has 0 aliphatic carbocycles. The van der Waals surface area contributed by atoms with Crippen LogP contribution in [0.1, 0.15) is 36.5 Å². The van der Waals surface area contributed by atoms with E-state index in [1.54, 1.807) is 11.8 Å². The summed E-state index contributed by atoms with van der Waals surface area (Å²) in [6.07, 6.45) is 2.32. The lowest BCUT2D eigenvalue weighted by Gasteiger charge is -2.16. The summed E-state index contributed by atoms with van der Waals surface area (Å²) in [7, 11) is 0. The van der Waals surface area contributed by atoms with Crippen LogP contribution in [0.25, 0.3) is 0 Å². The molecule has 0 atom stereocenters. The lowest BCUT2D eigenvalue weighted by atomic mass is 10.0. The van der Waals surface area contributed by atoms with E-state index >= 15 is 0 Å². The average Bonchev–Trinajstić information content (AvgIpc) is 2.40. The van der Waals surface area contributed by atoms with Gasteiger partial charge in [0.25, 0.3) is 0 Å². The molecule has 0 fully saturated rings. The number of thioether (sulfide) groups is 1. The van der Waals surface area contributed by atoms with Gasteiger partial charge in [-0.3, -0.25) is 10.4 Å². The molecule has 1 aliphatic rings. The lowest BCUT2D eigenvalue weighted by Crippen LogP contribution is -2.26. The molecule has 19 heavy (non-hydrogen) atoms. The number of unbranched alkanes of at least 4 members (excludes halogenated alkanes) is 1. The molecule has 0 saturated heterocycles. The van der Waals surface area contributed by atoms with Crippen molar-refractivity contribution in [2.75, 3.05) is 12.3 Å². The summed E-state index contributed by atoms with van der Waals surface area (Å²) < 4.78 is 0. The van der Waals surface area contributed by atoms with Gasteiger partial charge in [0.05, 0.1) is 5.71 Å². The first-order valence-electron chi connectivity index (χ1n) is 6.78.